The number of benzene rings is 1. The van der Waals surface area contributed by atoms with Crippen LogP contribution in [-0.4, -0.2) is 23.1 Å². The van der Waals surface area contributed by atoms with E-state index in [1.807, 2.05) is 36.4 Å². The number of hydrogen-bond donors (Lipinski definition) is 0. The van der Waals surface area contributed by atoms with Crippen LogP contribution in [-0.2, 0) is 0 Å². The summed E-state index contributed by atoms with van der Waals surface area (Å²) in [6.45, 7) is 2.00. The summed E-state index contributed by atoms with van der Waals surface area (Å²) in [4.78, 5) is 11.3. The maximum atomic E-state index is 5.93. The molecule has 3 aromatic rings. The van der Waals surface area contributed by atoms with E-state index < -0.39 is 0 Å². The maximum absolute atomic E-state index is 5.93. The highest BCUT2D eigenvalue weighted by molar-refractivity contribution is 6.30. The molecule has 4 rings (SSSR count). The second-order valence-corrected chi connectivity index (χ2v) is 5.80. The largest absolute Gasteiger partial charge is 0.355 e. The summed E-state index contributed by atoms with van der Waals surface area (Å²) in [5, 5.41) is 0.790. The van der Waals surface area contributed by atoms with Crippen molar-refractivity contribution in [3.05, 3.63) is 65.3 Å². The van der Waals surface area contributed by atoms with Crippen LogP contribution in [0.4, 0.5) is 5.82 Å². The van der Waals surface area contributed by atoms with E-state index in [1.54, 1.807) is 6.20 Å². The van der Waals surface area contributed by atoms with Crippen molar-refractivity contribution in [2.24, 2.45) is 0 Å². The summed E-state index contributed by atoms with van der Waals surface area (Å²) in [5.41, 5.74) is 3.24. The highest BCUT2D eigenvalue weighted by atomic mass is 35.5. The molecule has 0 atom stereocenters. The van der Waals surface area contributed by atoms with Crippen molar-refractivity contribution in [1.82, 2.24) is 9.97 Å². The van der Waals surface area contributed by atoms with Gasteiger partial charge in [-0.05, 0) is 42.0 Å². The zero-order valence-corrected chi connectivity index (χ0v) is 12.2. The van der Waals surface area contributed by atoms with Crippen LogP contribution in [0.1, 0.15) is 11.5 Å². The Morgan fingerprint density at radius 1 is 0.952 bits per heavy atom. The predicted octanol–water partition coefficient (Wildman–Crippen LogP) is 3.89. The van der Waals surface area contributed by atoms with Gasteiger partial charge in [0.25, 0.3) is 0 Å². The quantitative estimate of drug-likeness (QED) is 0.718. The van der Waals surface area contributed by atoms with Crippen molar-refractivity contribution < 1.29 is 0 Å². The maximum Gasteiger partial charge on any atom is 0.129 e. The predicted molar refractivity (Wildman–Crippen MR) is 85.9 cm³/mol. The lowest BCUT2D eigenvalue weighted by Crippen LogP contribution is -2.45. The van der Waals surface area contributed by atoms with Crippen molar-refractivity contribution in [2.75, 3.05) is 18.0 Å². The number of hydrogen-bond acceptors (Lipinski definition) is 3. The molecular weight excluding hydrogens is 282 g/mol. The average Bonchev–Trinajstić information content (AvgIpc) is 2.48. The van der Waals surface area contributed by atoms with Crippen molar-refractivity contribution >= 4 is 28.5 Å². The van der Waals surface area contributed by atoms with Gasteiger partial charge in [-0.15, -0.1) is 0 Å². The van der Waals surface area contributed by atoms with Gasteiger partial charge in [-0.25, -0.2) is 4.98 Å². The second-order valence-electron chi connectivity index (χ2n) is 5.36. The number of rotatable bonds is 2. The lowest BCUT2D eigenvalue weighted by Gasteiger charge is -2.40. The lowest BCUT2D eigenvalue weighted by molar-refractivity contribution is 0.520. The molecule has 1 aromatic carbocycles. The van der Waals surface area contributed by atoms with Crippen molar-refractivity contribution in [3.63, 3.8) is 0 Å². The van der Waals surface area contributed by atoms with E-state index >= 15 is 0 Å². The van der Waals surface area contributed by atoms with Crippen LogP contribution < -0.4 is 4.90 Å². The number of nitrogens with zero attached hydrogens (tertiary/aromatic N) is 3. The molecule has 0 amide bonds. The first kappa shape index (κ1) is 12.6. The Labute approximate surface area is 128 Å². The smallest absolute Gasteiger partial charge is 0.129 e. The molecule has 0 spiro atoms. The summed E-state index contributed by atoms with van der Waals surface area (Å²) < 4.78 is 0. The van der Waals surface area contributed by atoms with Gasteiger partial charge >= 0.3 is 0 Å². The first-order valence-electron chi connectivity index (χ1n) is 7.02. The normalized spacial score (nSPS) is 15.2. The third kappa shape index (κ3) is 2.34. The van der Waals surface area contributed by atoms with Gasteiger partial charge in [0.2, 0.25) is 0 Å². The van der Waals surface area contributed by atoms with E-state index in [-0.39, 0.29) is 0 Å². The first-order valence-corrected chi connectivity index (χ1v) is 7.39. The Hall–Kier alpha value is -2.13. The molecule has 104 valence electrons. The Balaban J connectivity index is 1.52. The number of pyridine rings is 2. The van der Waals surface area contributed by atoms with Crippen molar-refractivity contribution in [3.8, 4) is 0 Å². The zero-order valence-electron chi connectivity index (χ0n) is 11.4. The molecule has 1 aliphatic rings. The van der Waals surface area contributed by atoms with E-state index in [0.29, 0.717) is 5.92 Å². The van der Waals surface area contributed by atoms with Crippen molar-refractivity contribution in [1.29, 1.82) is 0 Å². The second kappa shape index (κ2) is 5.01. The standard InChI is InChI=1S/C17H14ClN3/c18-14-5-3-12(4-6-14)13-10-21(11-13)17-8-7-15-16(20-17)2-1-9-19-15/h1-9,13H,10-11H2. The fraction of sp³-hybridized carbons (Fsp3) is 0.176. The van der Waals surface area contributed by atoms with Crippen LogP contribution in [0.5, 0.6) is 0 Å². The number of fused-ring (bicyclic) bond motifs is 1. The molecule has 1 fully saturated rings. The van der Waals surface area contributed by atoms with Crippen LogP contribution in [0.25, 0.3) is 11.0 Å². The van der Waals surface area contributed by atoms with Gasteiger partial charge in [0.15, 0.2) is 0 Å². The van der Waals surface area contributed by atoms with Crippen LogP contribution in [0.15, 0.2) is 54.7 Å². The van der Waals surface area contributed by atoms with Gasteiger partial charge in [0.1, 0.15) is 5.82 Å². The van der Waals surface area contributed by atoms with Gasteiger partial charge in [0.05, 0.1) is 11.0 Å². The molecule has 3 heterocycles. The van der Waals surface area contributed by atoms with E-state index in [2.05, 4.69) is 27.0 Å². The minimum Gasteiger partial charge on any atom is -0.355 e. The fourth-order valence-electron chi connectivity index (χ4n) is 2.73. The number of anilines is 1. The molecule has 1 aliphatic heterocycles. The Bertz CT molecular complexity index is 779. The van der Waals surface area contributed by atoms with Gasteiger partial charge in [0, 0.05) is 30.2 Å². The minimum atomic E-state index is 0.564. The average molecular weight is 296 g/mol. The van der Waals surface area contributed by atoms with Gasteiger partial charge in [-0.2, -0.15) is 0 Å². The summed E-state index contributed by atoms with van der Waals surface area (Å²) in [7, 11) is 0. The third-order valence-electron chi connectivity index (χ3n) is 3.99. The molecule has 0 radical (unpaired) electrons. The fourth-order valence-corrected chi connectivity index (χ4v) is 2.86. The third-order valence-corrected chi connectivity index (χ3v) is 4.24. The summed E-state index contributed by atoms with van der Waals surface area (Å²) in [5.74, 6) is 1.59. The molecule has 21 heavy (non-hydrogen) atoms. The number of aromatic nitrogens is 2. The van der Waals surface area contributed by atoms with E-state index in [4.69, 9.17) is 11.6 Å². The Morgan fingerprint density at radius 3 is 2.57 bits per heavy atom. The molecule has 0 bridgehead atoms. The Morgan fingerprint density at radius 2 is 1.76 bits per heavy atom. The molecule has 4 heteroatoms. The zero-order chi connectivity index (χ0) is 14.2. The topological polar surface area (TPSA) is 29.0 Å². The summed E-state index contributed by atoms with van der Waals surface area (Å²) in [6, 6.07) is 16.2. The highest BCUT2D eigenvalue weighted by Gasteiger charge is 2.28. The minimum absolute atomic E-state index is 0.564. The molecule has 0 aliphatic carbocycles. The molecule has 2 aromatic heterocycles. The van der Waals surface area contributed by atoms with Gasteiger partial charge < -0.3 is 4.90 Å². The van der Waals surface area contributed by atoms with Gasteiger partial charge in [-0.3, -0.25) is 4.98 Å². The molecule has 0 unspecified atom stereocenters. The monoisotopic (exact) mass is 295 g/mol. The molecule has 0 saturated carbocycles. The van der Waals surface area contributed by atoms with E-state index in [0.717, 1.165) is 35.0 Å². The molecule has 1 saturated heterocycles. The van der Waals surface area contributed by atoms with E-state index in [1.165, 1.54) is 5.56 Å². The van der Waals surface area contributed by atoms with E-state index in [9.17, 15) is 0 Å². The summed E-state index contributed by atoms with van der Waals surface area (Å²) >= 11 is 5.93. The van der Waals surface area contributed by atoms with Crippen molar-refractivity contribution in [2.45, 2.75) is 5.92 Å². The molecular formula is C17H14ClN3. The molecule has 3 nitrogen and oxygen atoms in total. The first-order chi connectivity index (χ1) is 10.3. The van der Waals surface area contributed by atoms with Gasteiger partial charge in [-0.1, -0.05) is 23.7 Å². The molecule has 0 N–H and O–H groups in total. The lowest BCUT2D eigenvalue weighted by atomic mass is 9.91. The number of halogens is 1. The van der Waals surface area contributed by atoms with Crippen LogP contribution in [0.2, 0.25) is 5.02 Å². The van der Waals surface area contributed by atoms with Crippen LogP contribution in [0.3, 0.4) is 0 Å². The SMILES string of the molecule is Clc1ccc(C2CN(c3ccc4ncccc4n3)C2)cc1. The van der Waals surface area contributed by atoms with Crippen LogP contribution in [0, 0.1) is 0 Å². The summed E-state index contributed by atoms with van der Waals surface area (Å²) in [6.07, 6.45) is 1.80. The van der Waals surface area contributed by atoms with Crippen LogP contribution >= 0.6 is 11.6 Å². The Kier molecular flexibility index (Phi) is 3.00. The highest BCUT2D eigenvalue weighted by Crippen LogP contribution is 2.31.